The molecule has 2 aromatic heterocycles. The molecular formula is C25H26FN3O4S2. The van der Waals surface area contributed by atoms with E-state index in [2.05, 4.69) is 9.71 Å². The zero-order valence-corrected chi connectivity index (χ0v) is 21.4. The second kappa shape index (κ2) is 9.62. The fourth-order valence-corrected chi connectivity index (χ4v) is 6.02. The molecule has 0 saturated carbocycles. The van der Waals surface area contributed by atoms with Gasteiger partial charge >= 0.3 is 0 Å². The highest BCUT2D eigenvalue weighted by atomic mass is 32.2. The van der Waals surface area contributed by atoms with E-state index >= 15 is 0 Å². The van der Waals surface area contributed by atoms with Crippen molar-refractivity contribution in [2.45, 2.75) is 36.5 Å². The van der Waals surface area contributed by atoms with Crippen molar-refractivity contribution in [2.75, 3.05) is 7.11 Å². The molecule has 4 aromatic rings. The van der Waals surface area contributed by atoms with E-state index in [1.54, 1.807) is 57.2 Å². The van der Waals surface area contributed by atoms with E-state index in [0.29, 0.717) is 16.7 Å². The fraction of sp³-hybridized carbons (Fsp3) is 0.240. The Labute approximate surface area is 207 Å². The number of nitrogens with zero attached hydrogens (tertiary/aromatic N) is 2. The number of fused-ring (bicyclic) bond motifs is 1. The van der Waals surface area contributed by atoms with Gasteiger partial charge in [0.05, 0.1) is 17.7 Å². The van der Waals surface area contributed by atoms with Crippen LogP contribution < -0.4 is 9.46 Å². The van der Waals surface area contributed by atoms with Gasteiger partial charge in [-0.1, -0.05) is 18.2 Å². The number of halogens is 1. The summed E-state index contributed by atoms with van der Waals surface area (Å²) in [6, 6.07) is 16.0. The molecule has 0 amide bonds. The molecule has 10 heteroatoms. The van der Waals surface area contributed by atoms with Crippen LogP contribution in [0.25, 0.3) is 11.0 Å². The van der Waals surface area contributed by atoms with Crippen LogP contribution in [0.4, 0.5) is 4.39 Å². The highest BCUT2D eigenvalue weighted by molar-refractivity contribution is 7.91. The van der Waals surface area contributed by atoms with Crippen LogP contribution in [-0.2, 0) is 21.4 Å². The van der Waals surface area contributed by atoms with E-state index in [-0.39, 0.29) is 16.2 Å². The van der Waals surface area contributed by atoms with Gasteiger partial charge in [0.15, 0.2) is 5.65 Å². The minimum absolute atomic E-state index is 0.0614. The van der Waals surface area contributed by atoms with Gasteiger partial charge in [0.2, 0.25) is 0 Å². The van der Waals surface area contributed by atoms with Gasteiger partial charge in [0, 0.05) is 28.5 Å². The summed E-state index contributed by atoms with van der Waals surface area (Å²) in [5.41, 5.74) is 0.733. The first kappa shape index (κ1) is 25.2. The van der Waals surface area contributed by atoms with Crippen molar-refractivity contribution in [3.05, 3.63) is 90.0 Å². The number of ether oxygens (including phenoxy) is 1. The monoisotopic (exact) mass is 515 g/mol. The molecule has 0 fully saturated rings. The molecule has 0 bridgehead atoms. The quantitative estimate of drug-likeness (QED) is 0.363. The lowest BCUT2D eigenvalue weighted by molar-refractivity contribution is 0.404. The normalized spacial score (nSPS) is 14.1. The Morgan fingerprint density at radius 2 is 1.80 bits per heavy atom. The maximum Gasteiger partial charge on any atom is 0.269 e. The maximum atomic E-state index is 14.4. The first-order valence-corrected chi connectivity index (χ1v) is 13.4. The molecule has 35 heavy (non-hydrogen) atoms. The molecule has 184 valence electrons. The molecule has 0 saturated heterocycles. The summed E-state index contributed by atoms with van der Waals surface area (Å²) in [4.78, 5) is 4.39. The van der Waals surface area contributed by atoms with Crippen molar-refractivity contribution < 1.29 is 22.1 Å². The molecule has 2 heterocycles. The van der Waals surface area contributed by atoms with Gasteiger partial charge in [-0.3, -0.25) is 0 Å². The van der Waals surface area contributed by atoms with Gasteiger partial charge in [-0.15, -0.1) is 4.72 Å². The van der Waals surface area contributed by atoms with E-state index in [1.807, 2.05) is 0 Å². The van der Waals surface area contributed by atoms with Gasteiger partial charge in [-0.05, 0) is 69.3 Å². The van der Waals surface area contributed by atoms with Crippen molar-refractivity contribution in [3.63, 3.8) is 0 Å². The third-order valence-corrected chi connectivity index (χ3v) is 8.70. The lowest BCUT2D eigenvalue weighted by Gasteiger charge is -2.29. The van der Waals surface area contributed by atoms with Gasteiger partial charge in [0.1, 0.15) is 22.4 Å². The molecule has 7 nitrogen and oxygen atoms in total. The number of hydrogen-bond donors (Lipinski definition) is 1. The van der Waals surface area contributed by atoms with E-state index in [9.17, 15) is 17.4 Å². The molecule has 0 aliphatic heterocycles. The maximum absolute atomic E-state index is 14.4. The first-order valence-electron chi connectivity index (χ1n) is 10.8. The second-order valence-electron chi connectivity index (χ2n) is 8.89. The number of hydrogen-bond acceptors (Lipinski definition) is 6. The minimum Gasteiger partial charge on any atom is -0.598 e. The van der Waals surface area contributed by atoms with E-state index in [4.69, 9.17) is 4.74 Å². The van der Waals surface area contributed by atoms with Crippen molar-refractivity contribution in [1.29, 1.82) is 0 Å². The molecule has 2 aromatic carbocycles. The first-order chi connectivity index (χ1) is 16.5. The highest BCUT2D eigenvalue weighted by Crippen LogP contribution is 2.37. The Morgan fingerprint density at radius 3 is 2.46 bits per heavy atom. The molecular weight excluding hydrogens is 489 g/mol. The summed E-state index contributed by atoms with van der Waals surface area (Å²) < 4.78 is 64.4. The number of benzene rings is 2. The van der Waals surface area contributed by atoms with Crippen LogP contribution in [0.5, 0.6) is 5.75 Å². The molecule has 1 unspecified atom stereocenters. The smallest absolute Gasteiger partial charge is 0.269 e. The number of aromatic nitrogens is 2. The zero-order chi connectivity index (χ0) is 25.4. The Bertz CT molecular complexity index is 1450. The van der Waals surface area contributed by atoms with Gasteiger partial charge in [-0.25, -0.2) is 21.8 Å². The molecule has 4 rings (SSSR count). The molecule has 0 spiro atoms. The SMILES string of the molecule is COc1ccc(F)cc1C(N[S@@+]([O-])C(C)(C)C)c1cc2cccnc2n1S(=O)(=O)c1ccccc1. The number of nitrogens with one attached hydrogen (secondary N) is 1. The summed E-state index contributed by atoms with van der Waals surface area (Å²) in [5, 5.41) is 0.561. The third-order valence-electron chi connectivity index (χ3n) is 5.41. The largest absolute Gasteiger partial charge is 0.598 e. The summed E-state index contributed by atoms with van der Waals surface area (Å²) >= 11 is -1.64. The van der Waals surface area contributed by atoms with Crippen LogP contribution in [0.15, 0.2) is 77.8 Å². The van der Waals surface area contributed by atoms with Crippen LogP contribution in [0, 0.1) is 5.82 Å². The van der Waals surface area contributed by atoms with Crippen LogP contribution in [0.1, 0.15) is 38.1 Å². The number of methoxy groups -OCH3 is 1. The Hall–Kier alpha value is -2.92. The predicted octanol–water partition coefficient (Wildman–Crippen LogP) is 4.56. The van der Waals surface area contributed by atoms with E-state index in [0.717, 1.165) is 3.97 Å². The van der Waals surface area contributed by atoms with Crippen LogP contribution in [0.3, 0.4) is 0 Å². The standard InChI is InChI=1S/C25H26FN3O4S2/c1-25(2,3)34(30)28-23(20-16-18(26)12-13-22(20)33-4)21-15-17-9-8-14-27-24(17)29(21)35(31,32)19-10-6-5-7-11-19/h5-16,23,28H,1-4H3/t23?,34-/m0/s1. The highest BCUT2D eigenvalue weighted by Gasteiger charge is 2.36. The van der Waals surface area contributed by atoms with Crippen molar-refractivity contribution in [1.82, 2.24) is 13.7 Å². The van der Waals surface area contributed by atoms with E-state index in [1.165, 1.54) is 43.6 Å². The van der Waals surface area contributed by atoms with E-state index < -0.39 is 38.0 Å². The average molecular weight is 516 g/mol. The lowest BCUT2D eigenvalue weighted by atomic mass is 10.0. The Kier molecular flexibility index (Phi) is 6.92. The molecule has 0 aliphatic carbocycles. The van der Waals surface area contributed by atoms with Gasteiger partial charge < -0.3 is 9.29 Å². The topological polar surface area (TPSA) is 96.3 Å². The van der Waals surface area contributed by atoms with Gasteiger partial charge in [-0.2, -0.15) is 0 Å². The van der Waals surface area contributed by atoms with Gasteiger partial charge in [0.25, 0.3) is 10.0 Å². The Morgan fingerprint density at radius 1 is 1.09 bits per heavy atom. The number of pyridine rings is 1. The Balaban J connectivity index is 2.04. The fourth-order valence-electron chi connectivity index (χ4n) is 3.68. The third kappa shape index (κ3) is 4.92. The average Bonchev–Trinajstić information content (AvgIpc) is 3.22. The molecule has 2 atom stereocenters. The van der Waals surface area contributed by atoms with Crippen molar-refractivity contribution in [2.24, 2.45) is 0 Å². The number of rotatable bonds is 7. The van der Waals surface area contributed by atoms with Crippen LogP contribution in [-0.4, -0.2) is 33.8 Å². The lowest BCUT2D eigenvalue weighted by Crippen LogP contribution is -2.42. The molecule has 0 aliphatic rings. The summed E-state index contributed by atoms with van der Waals surface area (Å²) in [6.45, 7) is 5.36. The predicted molar refractivity (Wildman–Crippen MR) is 135 cm³/mol. The zero-order valence-electron chi connectivity index (χ0n) is 19.7. The second-order valence-corrected chi connectivity index (χ2v) is 12.7. The molecule has 1 N–H and O–H groups in total. The molecule has 0 radical (unpaired) electrons. The van der Waals surface area contributed by atoms with Crippen molar-refractivity contribution in [3.8, 4) is 5.75 Å². The minimum atomic E-state index is -4.13. The summed E-state index contributed by atoms with van der Waals surface area (Å²) in [6.07, 6.45) is 1.50. The van der Waals surface area contributed by atoms with Crippen LogP contribution in [0.2, 0.25) is 0 Å². The van der Waals surface area contributed by atoms with Crippen LogP contribution >= 0.6 is 0 Å². The van der Waals surface area contributed by atoms with Crippen molar-refractivity contribution >= 4 is 32.4 Å². The summed E-state index contributed by atoms with van der Waals surface area (Å²) in [5.74, 6) is -0.225. The summed E-state index contributed by atoms with van der Waals surface area (Å²) in [7, 11) is -2.69.